The molecular weight excluding hydrogens is 427 g/mol. The Balaban J connectivity index is 1.57. The van der Waals surface area contributed by atoms with Gasteiger partial charge in [-0.1, -0.05) is 12.1 Å². The first-order chi connectivity index (χ1) is 14.8. The fourth-order valence-electron chi connectivity index (χ4n) is 2.80. The van der Waals surface area contributed by atoms with Crippen molar-refractivity contribution in [3.05, 3.63) is 54.5 Å². The molecule has 0 saturated carbocycles. The van der Waals surface area contributed by atoms with E-state index in [1.807, 2.05) is 0 Å². The minimum absolute atomic E-state index is 0.0848. The van der Waals surface area contributed by atoms with Crippen molar-refractivity contribution in [3.63, 3.8) is 0 Å². The van der Waals surface area contributed by atoms with Gasteiger partial charge in [0, 0.05) is 11.8 Å². The third kappa shape index (κ3) is 4.98. The highest BCUT2D eigenvalue weighted by atomic mass is 32.2. The highest BCUT2D eigenvalue weighted by Gasteiger charge is 2.17. The summed E-state index contributed by atoms with van der Waals surface area (Å²) in [6.07, 6.45) is 2.00. The number of ether oxygens (including phenoxy) is 1. The molecule has 31 heavy (non-hydrogen) atoms. The SMILES string of the molecule is CS(=O)(=O)Nc1ccccc1Nc1nc(Nc2ccc3c(c2)OCC(=O)N3)ncc1F. The van der Waals surface area contributed by atoms with Gasteiger partial charge in [-0.3, -0.25) is 9.52 Å². The van der Waals surface area contributed by atoms with Gasteiger partial charge in [-0.15, -0.1) is 0 Å². The minimum atomic E-state index is -3.53. The molecule has 4 N–H and O–H groups in total. The van der Waals surface area contributed by atoms with Crippen LogP contribution in [0.5, 0.6) is 5.75 Å². The number of sulfonamides is 1. The summed E-state index contributed by atoms with van der Waals surface area (Å²) in [7, 11) is -3.53. The van der Waals surface area contributed by atoms with Crippen LogP contribution in [0.15, 0.2) is 48.7 Å². The van der Waals surface area contributed by atoms with Crippen molar-refractivity contribution >= 4 is 50.4 Å². The Morgan fingerprint density at radius 2 is 1.90 bits per heavy atom. The summed E-state index contributed by atoms with van der Waals surface area (Å²) in [6, 6.07) is 11.4. The molecule has 0 unspecified atom stereocenters. The highest BCUT2D eigenvalue weighted by Crippen LogP contribution is 2.32. The second-order valence-electron chi connectivity index (χ2n) is 6.61. The van der Waals surface area contributed by atoms with Crippen molar-refractivity contribution in [3.8, 4) is 5.75 Å². The molecule has 2 heterocycles. The van der Waals surface area contributed by atoms with Gasteiger partial charge >= 0.3 is 0 Å². The van der Waals surface area contributed by atoms with Crippen LogP contribution >= 0.6 is 0 Å². The number of aromatic nitrogens is 2. The van der Waals surface area contributed by atoms with Crippen LogP contribution < -0.4 is 25.4 Å². The molecule has 160 valence electrons. The van der Waals surface area contributed by atoms with Crippen LogP contribution in [0.25, 0.3) is 0 Å². The molecule has 12 heteroatoms. The van der Waals surface area contributed by atoms with Gasteiger partial charge in [0.2, 0.25) is 16.0 Å². The molecule has 2 aromatic carbocycles. The maximum atomic E-state index is 14.3. The van der Waals surface area contributed by atoms with Crippen LogP contribution in [-0.2, 0) is 14.8 Å². The van der Waals surface area contributed by atoms with E-state index in [1.54, 1.807) is 36.4 Å². The van der Waals surface area contributed by atoms with Crippen molar-refractivity contribution in [1.29, 1.82) is 0 Å². The molecule has 0 spiro atoms. The number of anilines is 6. The predicted octanol–water partition coefficient (Wildman–Crippen LogP) is 2.81. The lowest BCUT2D eigenvalue weighted by molar-refractivity contribution is -0.118. The summed E-state index contributed by atoms with van der Waals surface area (Å²) < 4.78 is 45.2. The number of hydrogen-bond donors (Lipinski definition) is 4. The molecule has 0 radical (unpaired) electrons. The molecule has 0 bridgehead atoms. The van der Waals surface area contributed by atoms with Gasteiger partial charge in [0.25, 0.3) is 5.91 Å². The molecule has 0 aliphatic carbocycles. The van der Waals surface area contributed by atoms with Crippen molar-refractivity contribution in [1.82, 2.24) is 9.97 Å². The summed E-state index contributed by atoms with van der Waals surface area (Å²) in [5.41, 5.74) is 1.66. The quantitative estimate of drug-likeness (QED) is 0.456. The molecule has 0 atom stereocenters. The van der Waals surface area contributed by atoms with Gasteiger partial charge in [-0.05, 0) is 24.3 Å². The second-order valence-corrected chi connectivity index (χ2v) is 8.36. The molecular formula is C19H17FN6O4S. The topological polar surface area (TPSA) is 134 Å². The first-order valence-corrected chi connectivity index (χ1v) is 10.9. The third-order valence-corrected chi connectivity index (χ3v) is 4.68. The van der Waals surface area contributed by atoms with Gasteiger partial charge in [-0.2, -0.15) is 4.98 Å². The zero-order chi connectivity index (χ0) is 22.0. The Kier molecular flexibility index (Phi) is 5.29. The van der Waals surface area contributed by atoms with Crippen LogP contribution in [0.3, 0.4) is 0 Å². The van der Waals surface area contributed by atoms with Gasteiger partial charge in [0.1, 0.15) is 5.75 Å². The highest BCUT2D eigenvalue weighted by molar-refractivity contribution is 7.92. The Labute approximate surface area is 176 Å². The molecule has 10 nitrogen and oxygen atoms in total. The van der Waals surface area contributed by atoms with Crippen LogP contribution in [0.4, 0.5) is 38.9 Å². The summed E-state index contributed by atoms with van der Waals surface area (Å²) in [4.78, 5) is 19.4. The molecule has 1 aliphatic heterocycles. The Morgan fingerprint density at radius 1 is 1.13 bits per heavy atom. The van der Waals surface area contributed by atoms with Crippen LogP contribution in [-0.4, -0.2) is 37.2 Å². The number of hydrogen-bond acceptors (Lipinski definition) is 8. The fraction of sp³-hybridized carbons (Fsp3) is 0.105. The smallest absolute Gasteiger partial charge is 0.262 e. The fourth-order valence-corrected chi connectivity index (χ4v) is 3.38. The molecule has 0 fully saturated rings. The molecule has 1 amide bonds. The van der Waals surface area contributed by atoms with Crippen molar-refractivity contribution < 1.29 is 22.3 Å². The van der Waals surface area contributed by atoms with Gasteiger partial charge in [-0.25, -0.2) is 17.8 Å². The summed E-state index contributed by atoms with van der Waals surface area (Å²) in [5, 5.41) is 8.40. The summed E-state index contributed by atoms with van der Waals surface area (Å²) >= 11 is 0. The largest absolute Gasteiger partial charge is 0.482 e. The third-order valence-electron chi connectivity index (χ3n) is 4.09. The molecule has 1 aromatic heterocycles. The number of amides is 1. The number of rotatable bonds is 6. The second kappa shape index (κ2) is 8.07. The number of nitrogens with one attached hydrogen (secondary N) is 4. The average molecular weight is 444 g/mol. The Morgan fingerprint density at radius 3 is 2.68 bits per heavy atom. The Bertz CT molecular complexity index is 1270. The first kappa shape index (κ1) is 20.3. The van der Waals surface area contributed by atoms with Crippen LogP contribution in [0.1, 0.15) is 0 Å². The Hall–Kier alpha value is -3.93. The summed E-state index contributed by atoms with van der Waals surface area (Å²) in [5.74, 6) is -0.544. The van der Waals surface area contributed by atoms with Crippen molar-refractivity contribution in [2.24, 2.45) is 0 Å². The molecule has 0 saturated heterocycles. The van der Waals surface area contributed by atoms with Crippen molar-refractivity contribution in [2.75, 3.05) is 33.5 Å². The van der Waals surface area contributed by atoms with Crippen molar-refractivity contribution in [2.45, 2.75) is 0 Å². The standard InChI is InChI=1S/C19H17FN6O4S/c1-31(28,29)26-14-5-3-2-4-13(14)24-18-12(20)9-21-19(25-18)22-11-6-7-15-16(8-11)30-10-17(27)23-15/h2-9,26H,10H2,1H3,(H,23,27)(H2,21,22,24,25). The lowest BCUT2D eigenvalue weighted by atomic mass is 10.2. The number of fused-ring (bicyclic) bond motifs is 1. The van der Waals surface area contributed by atoms with E-state index < -0.39 is 15.8 Å². The first-order valence-electron chi connectivity index (χ1n) is 8.97. The van der Waals surface area contributed by atoms with E-state index >= 15 is 0 Å². The van der Waals surface area contributed by atoms with E-state index in [0.717, 1.165) is 12.5 Å². The number of para-hydroxylation sites is 2. The zero-order valence-corrected chi connectivity index (χ0v) is 17.0. The lowest BCUT2D eigenvalue weighted by Crippen LogP contribution is -2.25. The predicted molar refractivity (Wildman–Crippen MR) is 114 cm³/mol. The van der Waals surface area contributed by atoms with E-state index in [4.69, 9.17) is 4.74 Å². The van der Waals surface area contributed by atoms with Gasteiger partial charge in [0.15, 0.2) is 18.2 Å². The zero-order valence-electron chi connectivity index (χ0n) is 16.1. The molecule has 1 aliphatic rings. The monoisotopic (exact) mass is 444 g/mol. The van der Waals surface area contributed by atoms with Gasteiger partial charge < -0.3 is 20.7 Å². The van der Waals surface area contributed by atoms with E-state index in [-0.39, 0.29) is 30.0 Å². The van der Waals surface area contributed by atoms with Crippen LogP contribution in [0.2, 0.25) is 0 Å². The van der Waals surface area contributed by atoms with E-state index in [2.05, 4.69) is 30.6 Å². The minimum Gasteiger partial charge on any atom is -0.482 e. The lowest BCUT2D eigenvalue weighted by Gasteiger charge is -2.18. The van der Waals surface area contributed by atoms with E-state index in [0.29, 0.717) is 22.8 Å². The molecule has 3 aromatic rings. The number of benzene rings is 2. The average Bonchev–Trinajstić information content (AvgIpc) is 2.71. The number of halogens is 1. The van der Waals surface area contributed by atoms with E-state index in [1.165, 1.54) is 6.07 Å². The number of carbonyl (C=O) groups excluding carboxylic acids is 1. The number of nitrogens with zero attached hydrogens (tertiary/aromatic N) is 2. The molecule has 4 rings (SSSR count). The number of carbonyl (C=O) groups is 1. The maximum absolute atomic E-state index is 14.3. The van der Waals surface area contributed by atoms with E-state index in [9.17, 15) is 17.6 Å². The van der Waals surface area contributed by atoms with Gasteiger partial charge in [0.05, 0.1) is 29.5 Å². The maximum Gasteiger partial charge on any atom is 0.262 e. The normalized spacial score (nSPS) is 12.9. The summed E-state index contributed by atoms with van der Waals surface area (Å²) in [6.45, 7) is -0.0848. The van der Waals surface area contributed by atoms with Crippen LogP contribution in [0, 0.1) is 5.82 Å².